The van der Waals surface area contributed by atoms with Crippen molar-refractivity contribution in [3.8, 4) is 11.1 Å². The fraction of sp³-hybridized carbons (Fsp3) is 0.333. The molecule has 0 saturated carbocycles. The summed E-state index contributed by atoms with van der Waals surface area (Å²) in [4.78, 5) is 44.3. The van der Waals surface area contributed by atoms with Gasteiger partial charge in [0.25, 0.3) is 11.8 Å². The minimum atomic E-state index is -3.30. The summed E-state index contributed by atoms with van der Waals surface area (Å²) in [5.41, 5.74) is 2.43. The molecule has 1 aliphatic heterocycles. The maximum atomic E-state index is 14.2. The lowest BCUT2D eigenvalue weighted by Gasteiger charge is -2.26. The topological polar surface area (TPSA) is 132 Å². The third-order valence-corrected chi connectivity index (χ3v) is 9.16. The monoisotopic (exact) mass is 647 g/mol. The van der Waals surface area contributed by atoms with Crippen molar-refractivity contribution in [3.63, 3.8) is 0 Å². The van der Waals surface area contributed by atoms with E-state index >= 15 is 0 Å². The van der Waals surface area contributed by atoms with Gasteiger partial charge in [-0.2, -0.15) is 4.36 Å². The van der Waals surface area contributed by atoms with Gasteiger partial charge in [0.05, 0.1) is 15.3 Å². The molecule has 0 bridgehead atoms. The van der Waals surface area contributed by atoms with E-state index in [4.69, 9.17) is 16.7 Å². The lowest BCUT2D eigenvalue weighted by Crippen LogP contribution is -2.30. The predicted molar refractivity (Wildman–Crippen MR) is 165 cm³/mol. The number of likely N-dealkylation sites (N-methyl/N-ethyl adjacent to an activating group) is 1. The number of rotatable bonds is 7. The Morgan fingerprint density at radius 1 is 1.16 bits per heavy atom. The minimum Gasteiger partial charge on any atom is -0.465 e. The van der Waals surface area contributed by atoms with Crippen molar-refractivity contribution in [3.05, 3.63) is 70.9 Å². The van der Waals surface area contributed by atoms with Gasteiger partial charge in [-0.1, -0.05) is 29.8 Å². The number of alkyl halides is 2. The molecule has 44 heavy (non-hydrogen) atoms. The van der Waals surface area contributed by atoms with Crippen molar-refractivity contribution in [1.82, 2.24) is 9.88 Å². The summed E-state index contributed by atoms with van der Waals surface area (Å²) >= 11 is 6.06. The number of aromatic nitrogens is 1. The number of carboxylic acid groups (broad SMARTS) is 1. The molecule has 4 rings (SSSR count). The number of carbonyl (C=O) groups excluding carboxylic acids is 2. The van der Waals surface area contributed by atoms with Gasteiger partial charge in [0.1, 0.15) is 12.4 Å². The summed E-state index contributed by atoms with van der Waals surface area (Å²) < 4.78 is 45.4. The van der Waals surface area contributed by atoms with Gasteiger partial charge in [-0.05, 0) is 54.8 Å². The summed E-state index contributed by atoms with van der Waals surface area (Å²) in [5, 5.41) is 12.3. The third kappa shape index (κ3) is 7.88. The van der Waals surface area contributed by atoms with Crippen LogP contribution in [-0.4, -0.2) is 76.0 Å². The molecule has 1 saturated heterocycles. The number of pyridine rings is 1. The van der Waals surface area contributed by atoms with Crippen molar-refractivity contribution in [2.45, 2.75) is 37.0 Å². The zero-order chi connectivity index (χ0) is 32.2. The molecule has 2 N–H and O–H groups in total. The van der Waals surface area contributed by atoms with Crippen molar-refractivity contribution in [2.75, 3.05) is 43.2 Å². The van der Waals surface area contributed by atoms with Gasteiger partial charge in [-0.3, -0.25) is 9.59 Å². The van der Waals surface area contributed by atoms with E-state index in [9.17, 15) is 27.4 Å². The van der Waals surface area contributed by atoms with Crippen molar-refractivity contribution < 1.29 is 32.5 Å². The zero-order valence-electron chi connectivity index (χ0n) is 24.3. The first-order chi connectivity index (χ1) is 20.7. The van der Waals surface area contributed by atoms with E-state index in [-0.39, 0.29) is 47.8 Å². The molecule has 0 radical (unpaired) electrons. The molecule has 234 valence electrons. The van der Waals surface area contributed by atoms with Crippen LogP contribution in [0, 0.1) is 6.92 Å². The molecule has 0 aliphatic carbocycles. The first-order valence-electron chi connectivity index (χ1n) is 13.7. The van der Waals surface area contributed by atoms with Gasteiger partial charge in [0, 0.05) is 66.6 Å². The number of nitrogens with zero attached hydrogens (tertiary/aromatic N) is 4. The minimum absolute atomic E-state index is 0.0139. The zero-order valence-corrected chi connectivity index (χ0v) is 25.9. The van der Waals surface area contributed by atoms with Crippen molar-refractivity contribution in [2.24, 2.45) is 4.36 Å². The van der Waals surface area contributed by atoms with Crippen LogP contribution in [0.1, 0.15) is 35.2 Å². The van der Waals surface area contributed by atoms with E-state index in [2.05, 4.69) is 14.7 Å². The smallest absolute Gasteiger partial charge is 0.407 e. The molecule has 2 heterocycles. The Bertz CT molecular complexity index is 1710. The van der Waals surface area contributed by atoms with Crippen LogP contribution in [-0.2, 0) is 14.5 Å². The molecule has 1 aromatic heterocycles. The molecule has 10 nitrogen and oxygen atoms in total. The molecular formula is C30H32ClF2N5O5S. The molecule has 3 amide bonds. The average Bonchev–Trinajstić information content (AvgIpc) is 3.13. The van der Waals surface area contributed by atoms with E-state index in [0.717, 1.165) is 10.5 Å². The molecular weight excluding hydrogens is 616 g/mol. The number of halogens is 3. The van der Waals surface area contributed by atoms with Gasteiger partial charge in [0.15, 0.2) is 0 Å². The fourth-order valence-electron chi connectivity index (χ4n) is 4.85. The number of hydrogen-bond donors (Lipinski definition) is 2. The summed E-state index contributed by atoms with van der Waals surface area (Å²) in [6.07, 6.45) is 1.12. The molecule has 3 aromatic rings. The van der Waals surface area contributed by atoms with Crippen LogP contribution in [0.5, 0.6) is 0 Å². The largest absolute Gasteiger partial charge is 0.465 e. The Labute approximate surface area is 259 Å². The van der Waals surface area contributed by atoms with Gasteiger partial charge in [-0.15, -0.1) is 0 Å². The summed E-state index contributed by atoms with van der Waals surface area (Å²) in [6.45, 7) is 1.49. The number of carbonyl (C=O) groups is 3. The second-order valence-electron chi connectivity index (χ2n) is 10.6. The second kappa shape index (κ2) is 13.3. The lowest BCUT2D eigenvalue weighted by molar-refractivity contribution is -0.118. The number of benzene rings is 2. The van der Waals surface area contributed by atoms with E-state index < -0.39 is 40.1 Å². The molecule has 1 unspecified atom stereocenters. The highest BCUT2D eigenvalue weighted by atomic mass is 35.5. The highest BCUT2D eigenvalue weighted by Crippen LogP contribution is 2.35. The van der Waals surface area contributed by atoms with Crippen LogP contribution in [0.3, 0.4) is 0 Å². The molecule has 0 spiro atoms. The first kappa shape index (κ1) is 32.8. The molecule has 2 aromatic carbocycles. The maximum Gasteiger partial charge on any atom is 0.407 e. The number of anilines is 2. The van der Waals surface area contributed by atoms with Crippen LogP contribution < -0.4 is 10.2 Å². The molecule has 1 fully saturated rings. The van der Waals surface area contributed by atoms with Crippen LogP contribution in [0.2, 0.25) is 5.02 Å². The summed E-state index contributed by atoms with van der Waals surface area (Å²) in [7, 11) is -2.11. The van der Waals surface area contributed by atoms with Gasteiger partial charge in [-0.25, -0.2) is 22.8 Å². The highest BCUT2D eigenvalue weighted by molar-refractivity contribution is 7.93. The van der Waals surface area contributed by atoms with Crippen LogP contribution in [0.25, 0.3) is 11.1 Å². The Kier molecular flexibility index (Phi) is 9.89. The van der Waals surface area contributed by atoms with Crippen LogP contribution in [0.15, 0.2) is 64.0 Å². The number of hydrogen-bond acceptors (Lipinski definition) is 6. The first-order valence-corrected chi connectivity index (χ1v) is 16.0. The predicted octanol–water partition coefficient (Wildman–Crippen LogP) is 6.18. The summed E-state index contributed by atoms with van der Waals surface area (Å²) in [6, 6.07) is 13.0. The molecule has 1 atom stereocenters. The third-order valence-electron chi connectivity index (χ3n) is 7.22. The Morgan fingerprint density at radius 2 is 1.86 bits per heavy atom. The average molecular weight is 648 g/mol. The van der Waals surface area contributed by atoms with E-state index in [1.54, 1.807) is 48.4 Å². The second-order valence-corrected chi connectivity index (χ2v) is 13.3. The Balaban J connectivity index is 1.71. The fourth-order valence-corrected chi connectivity index (χ4v) is 6.20. The normalized spacial score (nSPS) is 15.9. The van der Waals surface area contributed by atoms with Crippen LogP contribution in [0.4, 0.5) is 25.1 Å². The van der Waals surface area contributed by atoms with Gasteiger partial charge in [0.2, 0.25) is 5.92 Å². The van der Waals surface area contributed by atoms with E-state index in [0.29, 0.717) is 22.7 Å². The quantitative estimate of drug-likeness (QED) is 0.313. The lowest BCUT2D eigenvalue weighted by atomic mass is 9.97. The standard InChI is InChI=1S/C30H32ClF2N5O5S/c1-19-24(20-8-10-21(31)11-9-20)17-34-27(38-14-5-12-30(32,33)13-15-38)26(19)28(40)35-22-6-4-7-23(16-22)44(3,43)36-25(39)18-37(2)29(41)42/h4,6-11,16-17H,5,12-15,18H2,1-3H3,(H,35,40)(H,41,42). The number of nitrogens with one attached hydrogen (secondary N) is 1. The van der Waals surface area contributed by atoms with Crippen molar-refractivity contribution in [1.29, 1.82) is 0 Å². The summed E-state index contributed by atoms with van der Waals surface area (Å²) in [5.74, 6) is -3.98. The molecule has 1 aliphatic rings. The SMILES string of the molecule is Cc1c(-c2ccc(Cl)cc2)cnc(N2CCCC(F)(F)CC2)c1C(=O)Nc1cccc(S(C)(=O)=NC(=O)CN(C)C(=O)O)c1. The Morgan fingerprint density at radius 3 is 2.55 bits per heavy atom. The van der Waals surface area contributed by atoms with E-state index in [1.165, 1.54) is 31.5 Å². The van der Waals surface area contributed by atoms with E-state index in [1.807, 2.05) is 0 Å². The highest BCUT2D eigenvalue weighted by Gasteiger charge is 2.33. The number of amides is 3. The van der Waals surface area contributed by atoms with Crippen LogP contribution >= 0.6 is 11.6 Å². The molecule has 14 heteroatoms. The maximum absolute atomic E-state index is 14.2. The van der Waals surface area contributed by atoms with Gasteiger partial charge >= 0.3 is 6.09 Å². The Hall–Kier alpha value is -4.10. The van der Waals surface area contributed by atoms with Gasteiger partial charge < -0.3 is 20.2 Å². The van der Waals surface area contributed by atoms with Crippen molar-refractivity contribution >= 4 is 50.7 Å².